The minimum Gasteiger partial charge on any atom is -0.545 e. The summed E-state index contributed by atoms with van der Waals surface area (Å²) in [5.41, 5.74) is 1.61. The molecule has 0 amide bonds. The summed E-state index contributed by atoms with van der Waals surface area (Å²) in [6.07, 6.45) is 5.95. The molecule has 4 heteroatoms. The molecule has 2 fully saturated rings. The van der Waals surface area contributed by atoms with E-state index in [1.165, 1.54) is 6.07 Å². The van der Waals surface area contributed by atoms with Crippen LogP contribution in [0.1, 0.15) is 124 Å². The molecule has 1 aromatic carbocycles. The molecule has 4 atom stereocenters. The third kappa shape index (κ3) is 4.73. The molecule has 0 spiro atoms. The summed E-state index contributed by atoms with van der Waals surface area (Å²) in [5.74, 6) is -1.60. The summed E-state index contributed by atoms with van der Waals surface area (Å²) < 4.78 is 0. The quantitative estimate of drug-likeness (QED) is 0.739. The molecule has 2 aliphatic carbocycles. The lowest BCUT2D eigenvalue weighted by Crippen LogP contribution is -2.35. The Labute approximate surface area is 181 Å². The highest BCUT2D eigenvalue weighted by atomic mass is 16.4. The van der Waals surface area contributed by atoms with Crippen molar-refractivity contribution >= 4 is 11.9 Å². The van der Waals surface area contributed by atoms with E-state index in [1.54, 1.807) is 0 Å². The van der Waals surface area contributed by atoms with Gasteiger partial charge in [0.25, 0.3) is 0 Å². The Bertz CT molecular complexity index is 836. The van der Waals surface area contributed by atoms with Crippen LogP contribution in [0.3, 0.4) is 0 Å². The molecule has 1 aromatic rings. The van der Waals surface area contributed by atoms with Crippen LogP contribution in [0.25, 0.3) is 0 Å². The van der Waals surface area contributed by atoms with E-state index in [0.717, 1.165) is 44.1 Å². The molecule has 166 valence electrons. The Morgan fingerprint density at radius 3 is 1.77 bits per heavy atom. The lowest BCUT2D eigenvalue weighted by Gasteiger charge is -2.44. The van der Waals surface area contributed by atoms with Crippen molar-refractivity contribution in [3.63, 3.8) is 0 Å². The molecule has 3 rings (SSSR count). The third-order valence-corrected chi connectivity index (χ3v) is 7.33. The minimum atomic E-state index is -1.44. The first-order valence-corrected chi connectivity index (χ1v) is 11.4. The Balaban J connectivity index is 2.21. The van der Waals surface area contributed by atoms with Crippen molar-refractivity contribution < 1.29 is 19.8 Å². The second kappa shape index (κ2) is 8.01. The SMILES string of the molecule is CC1CC(c2ccc(C(=O)[O-])c(C(=O)[O-])c2C2CC(C)CC(C)(C)C2)CC(C)(C)C1. The largest absolute Gasteiger partial charge is 0.545 e. The van der Waals surface area contributed by atoms with Gasteiger partial charge in [-0.2, -0.15) is 0 Å². The molecular weight excluding hydrogens is 376 g/mol. The molecule has 0 radical (unpaired) electrons. The predicted octanol–water partition coefficient (Wildman–Crippen LogP) is 4.27. The highest BCUT2D eigenvalue weighted by molar-refractivity contribution is 6.01. The van der Waals surface area contributed by atoms with Crippen molar-refractivity contribution in [2.45, 2.75) is 91.9 Å². The van der Waals surface area contributed by atoms with Gasteiger partial charge in [0.15, 0.2) is 0 Å². The van der Waals surface area contributed by atoms with Crippen molar-refractivity contribution in [3.8, 4) is 0 Å². The third-order valence-electron chi connectivity index (χ3n) is 7.33. The van der Waals surface area contributed by atoms with Crippen molar-refractivity contribution in [3.05, 3.63) is 34.4 Å². The summed E-state index contributed by atoms with van der Waals surface area (Å²) in [6, 6.07) is 3.31. The van der Waals surface area contributed by atoms with Gasteiger partial charge in [0, 0.05) is 11.1 Å². The number of rotatable bonds is 4. The van der Waals surface area contributed by atoms with E-state index in [4.69, 9.17) is 0 Å². The Kier molecular flexibility index (Phi) is 6.10. The molecule has 0 heterocycles. The monoisotopic (exact) mass is 412 g/mol. The zero-order chi connectivity index (χ0) is 22.4. The number of carboxylic acid groups (broad SMARTS) is 2. The van der Waals surface area contributed by atoms with Crippen LogP contribution >= 0.6 is 0 Å². The van der Waals surface area contributed by atoms with Gasteiger partial charge in [0.05, 0.1) is 11.9 Å². The van der Waals surface area contributed by atoms with Gasteiger partial charge in [-0.3, -0.25) is 0 Å². The van der Waals surface area contributed by atoms with Crippen molar-refractivity contribution in [1.82, 2.24) is 0 Å². The van der Waals surface area contributed by atoms with Gasteiger partial charge >= 0.3 is 0 Å². The lowest BCUT2D eigenvalue weighted by atomic mass is 9.61. The maximum atomic E-state index is 12.3. The van der Waals surface area contributed by atoms with Gasteiger partial charge in [-0.15, -0.1) is 0 Å². The zero-order valence-electron chi connectivity index (χ0n) is 19.3. The molecule has 0 saturated heterocycles. The van der Waals surface area contributed by atoms with Gasteiger partial charge in [0.1, 0.15) is 0 Å². The summed E-state index contributed by atoms with van der Waals surface area (Å²) in [7, 11) is 0. The molecule has 0 bridgehead atoms. The fourth-order valence-corrected chi connectivity index (χ4v) is 6.97. The standard InChI is InChI=1S/C26H38O4/c1-15-9-17(13-25(3,4)11-15)19-7-8-20(23(27)28)22(24(29)30)21(19)18-10-16(2)12-26(5,6)14-18/h7-8,15-18H,9-14H2,1-6H3,(H,27,28)(H,29,30)/p-2. The van der Waals surface area contributed by atoms with E-state index in [-0.39, 0.29) is 33.8 Å². The highest BCUT2D eigenvalue weighted by Gasteiger charge is 2.39. The van der Waals surface area contributed by atoms with E-state index >= 15 is 0 Å². The fourth-order valence-electron chi connectivity index (χ4n) is 6.97. The van der Waals surface area contributed by atoms with Crippen LogP contribution < -0.4 is 10.2 Å². The van der Waals surface area contributed by atoms with Crippen LogP contribution in [0.4, 0.5) is 0 Å². The van der Waals surface area contributed by atoms with Crippen molar-refractivity contribution in [2.24, 2.45) is 22.7 Å². The fraction of sp³-hybridized carbons (Fsp3) is 0.692. The number of aromatic carboxylic acids is 2. The zero-order valence-corrected chi connectivity index (χ0v) is 19.3. The first-order valence-electron chi connectivity index (χ1n) is 11.4. The first kappa shape index (κ1) is 22.8. The summed E-state index contributed by atoms with van der Waals surface area (Å²) in [5, 5.41) is 24.1. The number of carboxylic acids is 2. The first-order chi connectivity index (χ1) is 13.8. The number of hydrogen-bond acceptors (Lipinski definition) is 4. The molecular formula is C26H36O4-2. The topological polar surface area (TPSA) is 80.3 Å². The number of carbonyl (C=O) groups excluding carboxylic acids is 2. The van der Waals surface area contributed by atoms with Crippen LogP contribution in [0, 0.1) is 22.7 Å². The summed E-state index contributed by atoms with van der Waals surface area (Å²) >= 11 is 0. The lowest BCUT2D eigenvalue weighted by molar-refractivity contribution is -0.259. The van der Waals surface area contributed by atoms with E-state index in [0.29, 0.717) is 17.4 Å². The number of carbonyl (C=O) groups is 2. The van der Waals surface area contributed by atoms with Crippen molar-refractivity contribution in [2.75, 3.05) is 0 Å². The van der Waals surface area contributed by atoms with Crippen LogP contribution in [-0.2, 0) is 0 Å². The summed E-state index contributed by atoms with van der Waals surface area (Å²) in [4.78, 5) is 24.1. The molecule has 4 nitrogen and oxygen atoms in total. The smallest absolute Gasteiger partial charge is 0.0724 e. The Hall–Kier alpha value is -1.84. The summed E-state index contributed by atoms with van der Waals surface area (Å²) in [6.45, 7) is 13.5. The van der Waals surface area contributed by atoms with Gasteiger partial charge in [-0.1, -0.05) is 53.7 Å². The van der Waals surface area contributed by atoms with Crippen LogP contribution in [0.2, 0.25) is 0 Å². The van der Waals surface area contributed by atoms with Crippen molar-refractivity contribution in [1.29, 1.82) is 0 Å². The number of benzene rings is 1. The maximum Gasteiger partial charge on any atom is 0.0724 e. The predicted molar refractivity (Wildman–Crippen MR) is 114 cm³/mol. The van der Waals surface area contributed by atoms with Gasteiger partial charge in [0.2, 0.25) is 0 Å². The average Bonchev–Trinajstić information content (AvgIpc) is 2.56. The van der Waals surface area contributed by atoms with Crippen LogP contribution in [-0.4, -0.2) is 11.9 Å². The highest BCUT2D eigenvalue weighted by Crippen LogP contribution is 2.52. The molecule has 30 heavy (non-hydrogen) atoms. The minimum absolute atomic E-state index is 0.0197. The van der Waals surface area contributed by atoms with Crippen LogP contribution in [0.15, 0.2) is 12.1 Å². The maximum absolute atomic E-state index is 12.3. The van der Waals surface area contributed by atoms with E-state index in [2.05, 4.69) is 41.5 Å². The molecule has 0 aliphatic heterocycles. The second-order valence-corrected chi connectivity index (χ2v) is 11.8. The Morgan fingerprint density at radius 2 is 1.30 bits per heavy atom. The normalized spacial score (nSPS) is 30.6. The number of hydrogen-bond donors (Lipinski definition) is 0. The van der Waals surface area contributed by atoms with Gasteiger partial charge in [-0.05, 0) is 84.2 Å². The van der Waals surface area contributed by atoms with Gasteiger partial charge < -0.3 is 19.8 Å². The Morgan fingerprint density at radius 1 is 0.800 bits per heavy atom. The molecule has 2 saturated carbocycles. The molecule has 0 N–H and O–H groups in total. The molecule has 4 unspecified atom stereocenters. The van der Waals surface area contributed by atoms with Crippen LogP contribution in [0.5, 0.6) is 0 Å². The molecule has 0 aromatic heterocycles. The second-order valence-electron chi connectivity index (χ2n) is 11.8. The van der Waals surface area contributed by atoms with E-state index < -0.39 is 11.9 Å². The average molecular weight is 413 g/mol. The van der Waals surface area contributed by atoms with Gasteiger partial charge in [-0.25, -0.2) is 0 Å². The van der Waals surface area contributed by atoms with E-state index in [9.17, 15) is 19.8 Å². The van der Waals surface area contributed by atoms with E-state index in [1.807, 2.05) is 6.07 Å². The molecule has 2 aliphatic rings.